The maximum Gasteiger partial charge on any atom is 0.262 e. The molecule has 6 heteroatoms. The predicted molar refractivity (Wildman–Crippen MR) is 92.1 cm³/mol. The fourth-order valence-corrected chi connectivity index (χ4v) is 3.29. The number of amides is 3. The van der Waals surface area contributed by atoms with Crippen molar-refractivity contribution < 1.29 is 19.1 Å². The Morgan fingerprint density at radius 3 is 2.32 bits per heavy atom. The minimum Gasteiger partial charge on any atom is -0.377 e. The molecule has 0 unspecified atom stereocenters. The Bertz CT molecular complexity index is 657. The molecule has 1 aromatic carbocycles. The number of hydrogen-bond donors (Lipinski definition) is 0. The molecule has 6 nitrogen and oxygen atoms in total. The lowest BCUT2D eigenvalue weighted by atomic mass is 9.98. The Balaban J connectivity index is 1.53. The number of nitrogens with zero attached hydrogens (tertiary/aromatic N) is 2. The van der Waals surface area contributed by atoms with Crippen LogP contribution >= 0.6 is 0 Å². The molecule has 0 bridgehead atoms. The first-order valence-corrected chi connectivity index (χ1v) is 8.53. The number of carbonyl (C=O) groups is 3. The molecule has 132 valence electrons. The highest BCUT2D eigenvalue weighted by molar-refractivity contribution is 6.22. The molecule has 2 heterocycles. The van der Waals surface area contributed by atoms with E-state index < -0.39 is 0 Å². The Labute approximate surface area is 147 Å². The summed E-state index contributed by atoms with van der Waals surface area (Å²) in [6.07, 6.45) is 3.46. The van der Waals surface area contributed by atoms with Crippen molar-refractivity contribution in [2.75, 3.05) is 32.8 Å². The van der Waals surface area contributed by atoms with Gasteiger partial charge in [-0.05, 0) is 30.9 Å². The van der Waals surface area contributed by atoms with Crippen molar-refractivity contribution in [2.24, 2.45) is 5.92 Å². The topological polar surface area (TPSA) is 66.9 Å². The molecule has 3 amide bonds. The van der Waals surface area contributed by atoms with Gasteiger partial charge in [0.25, 0.3) is 11.8 Å². The van der Waals surface area contributed by atoms with Crippen molar-refractivity contribution in [1.29, 1.82) is 0 Å². The lowest BCUT2D eigenvalue weighted by Crippen LogP contribution is -2.46. The monoisotopic (exact) mass is 342 g/mol. The lowest BCUT2D eigenvalue weighted by Gasteiger charge is -2.32. The highest BCUT2D eigenvalue weighted by atomic mass is 16.5. The molecule has 2 aliphatic heterocycles. The molecule has 2 aliphatic rings. The average Bonchev–Trinajstić information content (AvgIpc) is 2.88. The third-order valence-electron chi connectivity index (χ3n) is 4.73. The molecule has 25 heavy (non-hydrogen) atoms. The van der Waals surface area contributed by atoms with Crippen molar-refractivity contribution in [3.63, 3.8) is 0 Å². The van der Waals surface area contributed by atoms with E-state index in [-0.39, 0.29) is 24.3 Å². The zero-order valence-electron chi connectivity index (χ0n) is 14.1. The number of ether oxygens (including phenoxy) is 1. The number of piperidine rings is 1. The van der Waals surface area contributed by atoms with Crippen LogP contribution in [0.15, 0.2) is 36.9 Å². The van der Waals surface area contributed by atoms with Gasteiger partial charge in [-0.3, -0.25) is 19.3 Å². The van der Waals surface area contributed by atoms with Crippen LogP contribution in [0.25, 0.3) is 0 Å². The van der Waals surface area contributed by atoms with E-state index in [1.807, 2.05) is 0 Å². The summed E-state index contributed by atoms with van der Waals surface area (Å²) in [5.41, 5.74) is 0.747. The summed E-state index contributed by atoms with van der Waals surface area (Å²) in [5.74, 6) is -0.522. The Kier molecular flexibility index (Phi) is 5.28. The molecule has 3 rings (SSSR count). The number of imide groups is 1. The quantitative estimate of drug-likeness (QED) is 0.449. The van der Waals surface area contributed by atoms with Crippen molar-refractivity contribution in [3.8, 4) is 0 Å². The van der Waals surface area contributed by atoms with Gasteiger partial charge in [-0.1, -0.05) is 18.2 Å². The first kappa shape index (κ1) is 17.4. The summed E-state index contributed by atoms with van der Waals surface area (Å²) < 4.78 is 5.47. The lowest BCUT2D eigenvalue weighted by molar-refractivity contribution is -0.133. The van der Waals surface area contributed by atoms with Crippen molar-refractivity contribution in [3.05, 3.63) is 48.0 Å². The molecule has 0 aromatic heterocycles. The number of fused-ring (bicyclic) bond motifs is 1. The van der Waals surface area contributed by atoms with Crippen LogP contribution in [0.1, 0.15) is 33.6 Å². The van der Waals surface area contributed by atoms with E-state index in [0.29, 0.717) is 43.3 Å². The Hall–Kier alpha value is -2.47. The van der Waals surface area contributed by atoms with Crippen molar-refractivity contribution in [2.45, 2.75) is 12.8 Å². The van der Waals surface area contributed by atoms with E-state index in [1.165, 1.54) is 0 Å². The van der Waals surface area contributed by atoms with Gasteiger partial charge in [0.15, 0.2) is 0 Å². The third-order valence-corrected chi connectivity index (χ3v) is 4.73. The maximum atomic E-state index is 12.5. The van der Waals surface area contributed by atoms with Crippen molar-refractivity contribution in [1.82, 2.24) is 9.80 Å². The number of benzene rings is 1. The minimum atomic E-state index is -0.387. The summed E-state index contributed by atoms with van der Waals surface area (Å²) in [6, 6.07) is 6.67. The second kappa shape index (κ2) is 7.61. The highest BCUT2D eigenvalue weighted by Crippen LogP contribution is 2.23. The van der Waals surface area contributed by atoms with E-state index >= 15 is 0 Å². The van der Waals surface area contributed by atoms with Gasteiger partial charge in [0.2, 0.25) is 5.91 Å². The molecule has 0 spiro atoms. The van der Waals surface area contributed by atoms with Crippen LogP contribution in [0.5, 0.6) is 0 Å². The van der Waals surface area contributed by atoms with Gasteiger partial charge >= 0.3 is 0 Å². The smallest absolute Gasteiger partial charge is 0.262 e. The van der Waals surface area contributed by atoms with E-state index in [0.717, 1.165) is 17.7 Å². The standard InChI is InChI=1S/C19H22N2O4/c1-2-11-25-13-14-7-9-20(10-8-14)17(22)12-21-18(23)15-5-3-4-6-16(15)19(21)24/h2-6,14H,1,7-13H2. The molecular weight excluding hydrogens is 320 g/mol. The molecule has 1 aromatic rings. The van der Waals surface area contributed by atoms with E-state index in [1.54, 1.807) is 35.2 Å². The van der Waals surface area contributed by atoms with Crippen LogP contribution in [0, 0.1) is 5.92 Å². The average molecular weight is 342 g/mol. The Morgan fingerprint density at radius 1 is 1.16 bits per heavy atom. The maximum absolute atomic E-state index is 12.5. The van der Waals surface area contributed by atoms with Crippen LogP contribution in [-0.4, -0.2) is 60.4 Å². The number of likely N-dealkylation sites (tertiary alicyclic amines) is 1. The first-order valence-electron chi connectivity index (χ1n) is 8.53. The van der Waals surface area contributed by atoms with Crippen molar-refractivity contribution >= 4 is 17.7 Å². The SMILES string of the molecule is C=CCOCC1CCN(C(=O)CN2C(=O)c3ccccc3C2=O)CC1. The normalized spacial score (nSPS) is 17.8. The number of carbonyl (C=O) groups excluding carboxylic acids is 3. The summed E-state index contributed by atoms with van der Waals surface area (Å²) in [5, 5.41) is 0. The predicted octanol–water partition coefficient (Wildman–Crippen LogP) is 1.72. The molecule has 1 saturated heterocycles. The first-order chi connectivity index (χ1) is 12.1. The minimum absolute atomic E-state index is 0.181. The van der Waals surface area contributed by atoms with E-state index in [4.69, 9.17) is 4.74 Å². The summed E-state index contributed by atoms with van der Waals surface area (Å²) in [4.78, 5) is 39.9. The fourth-order valence-electron chi connectivity index (χ4n) is 3.29. The molecule has 0 aliphatic carbocycles. The van der Waals surface area contributed by atoms with Crippen LogP contribution in [0.2, 0.25) is 0 Å². The van der Waals surface area contributed by atoms with Gasteiger partial charge in [-0.2, -0.15) is 0 Å². The van der Waals surface area contributed by atoms with Gasteiger partial charge < -0.3 is 9.64 Å². The zero-order valence-corrected chi connectivity index (χ0v) is 14.1. The zero-order chi connectivity index (χ0) is 17.8. The largest absolute Gasteiger partial charge is 0.377 e. The number of hydrogen-bond acceptors (Lipinski definition) is 4. The summed E-state index contributed by atoms with van der Waals surface area (Å²) in [7, 11) is 0. The molecule has 0 radical (unpaired) electrons. The molecule has 0 N–H and O–H groups in total. The van der Waals surface area contributed by atoms with Gasteiger partial charge in [-0.15, -0.1) is 6.58 Å². The van der Waals surface area contributed by atoms with Crippen LogP contribution in [0.3, 0.4) is 0 Å². The summed E-state index contributed by atoms with van der Waals surface area (Å²) >= 11 is 0. The van der Waals surface area contributed by atoms with E-state index in [2.05, 4.69) is 6.58 Å². The third kappa shape index (κ3) is 3.64. The van der Waals surface area contributed by atoms with Crippen LogP contribution in [0.4, 0.5) is 0 Å². The second-order valence-electron chi connectivity index (χ2n) is 6.39. The second-order valence-corrected chi connectivity index (χ2v) is 6.39. The number of rotatable bonds is 6. The Morgan fingerprint density at radius 2 is 1.76 bits per heavy atom. The van der Waals surface area contributed by atoms with Gasteiger partial charge in [0.1, 0.15) is 6.54 Å². The van der Waals surface area contributed by atoms with Gasteiger partial charge in [0, 0.05) is 19.7 Å². The fraction of sp³-hybridized carbons (Fsp3) is 0.421. The molecule has 0 atom stereocenters. The van der Waals surface area contributed by atoms with Crippen LogP contribution in [-0.2, 0) is 9.53 Å². The van der Waals surface area contributed by atoms with Crippen LogP contribution < -0.4 is 0 Å². The van der Waals surface area contributed by atoms with Gasteiger partial charge in [-0.25, -0.2) is 0 Å². The highest BCUT2D eigenvalue weighted by Gasteiger charge is 2.37. The van der Waals surface area contributed by atoms with E-state index in [9.17, 15) is 14.4 Å². The molecule has 1 fully saturated rings. The summed E-state index contributed by atoms with van der Waals surface area (Å²) in [6.45, 7) is 5.90. The van der Waals surface area contributed by atoms with Gasteiger partial charge in [0.05, 0.1) is 17.7 Å². The molecule has 0 saturated carbocycles. The molecular formula is C19H22N2O4.